The molecule has 13 heavy (non-hydrogen) atoms. The Morgan fingerprint density at radius 2 is 2.00 bits per heavy atom. The molecule has 0 saturated heterocycles. The molecule has 0 saturated carbocycles. The fraction of sp³-hybridized carbons (Fsp3) is 0.167. The summed E-state index contributed by atoms with van der Waals surface area (Å²) < 4.78 is 1.06. The van der Waals surface area contributed by atoms with Crippen LogP contribution in [0.25, 0.3) is 5.57 Å². The minimum Gasteiger partial charge on any atom is -0.0979 e. The maximum atomic E-state index is 3.73. The van der Waals surface area contributed by atoms with Gasteiger partial charge in [-0.1, -0.05) is 52.9 Å². The maximum absolute atomic E-state index is 3.73. The van der Waals surface area contributed by atoms with Gasteiger partial charge in [0, 0.05) is 4.48 Å². The van der Waals surface area contributed by atoms with Crippen LogP contribution in [0.15, 0.2) is 41.4 Å². The van der Waals surface area contributed by atoms with Gasteiger partial charge in [0.05, 0.1) is 0 Å². The summed E-state index contributed by atoms with van der Waals surface area (Å²) in [6.07, 6.45) is 1.82. The van der Waals surface area contributed by atoms with Gasteiger partial charge in [0.1, 0.15) is 0 Å². The van der Waals surface area contributed by atoms with Crippen LogP contribution in [-0.2, 0) is 0 Å². The van der Waals surface area contributed by atoms with Crippen molar-refractivity contribution in [1.29, 1.82) is 0 Å². The Hall–Kier alpha value is -0.820. The molecule has 0 unspecified atom stereocenters. The summed E-state index contributed by atoms with van der Waals surface area (Å²) in [6.45, 7) is 7.94. The molecule has 0 radical (unpaired) electrons. The first-order chi connectivity index (χ1) is 6.16. The molecule has 0 heterocycles. The predicted molar refractivity (Wildman–Crippen MR) is 62.9 cm³/mol. The van der Waals surface area contributed by atoms with Crippen LogP contribution in [0.3, 0.4) is 0 Å². The summed E-state index contributed by atoms with van der Waals surface area (Å²) >= 11 is 3.47. The third kappa shape index (κ3) is 2.31. The van der Waals surface area contributed by atoms with Crippen molar-refractivity contribution in [2.24, 2.45) is 0 Å². The van der Waals surface area contributed by atoms with Gasteiger partial charge in [-0.3, -0.25) is 0 Å². The van der Waals surface area contributed by atoms with Crippen molar-refractivity contribution in [1.82, 2.24) is 0 Å². The first kappa shape index (κ1) is 10.3. The van der Waals surface area contributed by atoms with E-state index in [1.807, 2.05) is 12.1 Å². The molecule has 0 amide bonds. The van der Waals surface area contributed by atoms with E-state index in [2.05, 4.69) is 54.6 Å². The second-order valence-electron chi connectivity index (χ2n) is 2.99. The quantitative estimate of drug-likeness (QED) is 0.672. The van der Waals surface area contributed by atoms with Crippen molar-refractivity contribution in [3.63, 3.8) is 0 Å². The zero-order valence-corrected chi connectivity index (χ0v) is 9.56. The van der Waals surface area contributed by atoms with Crippen LogP contribution >= 0.6 is 15.9 Å². The molecule has 0 fully saturated rings. The van der Waals surface area contributed by atoms with E-state index in [1.54, 1.807) is 0 Å². The number of allylic oxidation sites excluding steroid dienone is 3. The van der Waals surface area contributed by atoms with Gasteiger partial charge in [0.15, 0.2) is 0 Å². The van der Waals surface area contributed by atoms with Crippen LogP contribution in [0, 0.1) is 6.92 Å². The van der Waals surface area contributed by atoms with Gasteiger partial charge in [-0.05, 0) is 30.5 Å². The Balaban J connectivity index is 3.23. The summed E-state index contributed by atoms with van der Waals surface area (Å²) in [5, 5.41) is 0. The third-order valence-electron chi connectivity index (χ3n) is 2.09. The van der Waals surface area contributed by atoms with Gasteiger partial charge in [0.25, 0.3) is 0 Å². The van der Waals surface area contributed by atoms with Crippen LogP contribution in [0.1, 0.15) is 18.1 Å². The van der Waals surface area contributed by atoms with Crippen LogP contribution in [-0.4, -0.2) is 0 Å². The standard InChI is InChI=1S/C12H13Br/c1-4-12(13)10(3)11-8-6-5-7-9(11)2/h4-8H,1H2,2-3H3/b12-10+. The Labute approximate surface area is 88.1 Å². The van der Waals surface area contributed by atoms with E-state index in [0.29, 0.717) is 0 Å². The van der Waals surface area contributed by atoms with Crippen molar-refractivity contribution >= 4 is 21.5 Å². The zero-order valence-electron chi connectivity index (χ0n) is 7.97. The molecule has 0 aromatic heterocycles. The lowest BCUT2D eigenvalue weighted by atomic mass is 10.0. The number of aryl methyl sites for hydroxylation is 1. The Morgan fingerprint density at radius 3 is 2.54 bits per heavy atom. The zero-order chi connectivity index (χ0) is 9.84. The van der Waals surface area contributed by atoms with Gasteiger partial charge in [-0.25, -0.2) is 0 Å². The number of hydrogen-bond acceptors (Lipinski definition) is 0. The molecular weight excluding hydrogens is 224 g/mol. The third-order valence-corrected chi connectivity index (χ3v) is 3.01. The highest BCUT2D eigenvalue weighted by atomic mass is 79.9. The molecule has 0 aliphatic rings. The van der Waals surface area contributed by atoms with Crippen molar-refractivity contribution < 1.29 is 0 Å². The molecule has 0 nitrogen and oxygen atoms in total. The van der Waals surface area contributed by atoms with E-state index in [-0.39, 0.29) is 0 Å². The normalized spacial score (nSPS) is 12.2. The molecule has 1 heteroatoms. The molecular formula is C12H13Br. The van der Waals surface area contributed by atoms with Gasteiger partial charge < -0.3 is 0 Å². The van der Waals surface area contributed by atoms with Crippen molar-refractivity contribution in [3.05, 3.63) is 52.5 Å². The molecule has 0 spiro atoms. The SMILES string of the molecule is C=C/C(Br)=C(/C)c1ccccc1C. The smallest absolute Gasteiger partial charge is 0.0204 e. The first-order valence-corrected chi connectivity index (χ1v) is 5.01. The van der Waals surface area contributed by atoms with E-state index in [9.17, 15) is 0 Å². The minimum atomic E-state index is 1.06. The first-order valence-electron chi connectivity index (χ1n) is 4.21. The Kier molecular flexibility index (Phi) is 3.49. The summed E-state index contributed by atoms with van der Waals surface area (Å²) in [5.74, 6) is 0. The molecule has 1 rings (SSSR count). The second kappa shape index (κ2) is 4.43. The maximum Gasteiger partial charge on any atom is 0.0204 e. The van der Waals surface area contributed by atoms with Gasteiger partial charge in [0.2, 0.25) is 0 Å². The van der Waals surface area contributed by atoms with E-state index >= 15 is 0 Å². The summed E-state index contributed by atoms with van der Waals surface area (Å²) in [4.78, 5) is 0. The summed E-state index contributed by atoms with van der Waals surface area (Å²) in [6, 6.07) is 8.33. The molecule has 0 bridgehead atoms. The average Bonchev–Trinajstić information content (AvgIpc) is 2.16. The fourth-order valence-corrected chi connectivity index (χ4v) is 1.49. The van der Waals surface area contributed by atoms with Gasteiger partial charge in [-0.2, -0.15) is 0 Å². The largest absolute Gasteiger partial charge is 0.0979 e. The molecule has 1 aromatic rings. The van der Waals surface area contributed by atoms with E-state index in [0.717, 1.165) is 4.48 Å². The van der Waals surface area contributed by atoms with Crippen molar-refractivity contribution in [3.8, 4) is 0 Å². The Morgan fingerprint density at radius 1 is 1.38 bits per heavy atom. The van der Waals surface area contributed by atoms with Crippen molar-refractivity contribution in [2.45, 2.75) is 13.8 Å². The van der Waals surface area contributed by atoms with E-state index in [1.165, 1.54) is 16.7 Å². The lowest BCUT2D eigenvalue weighted by Crippen LogP contribution is -1.85. The highest BCUT2D eigenvalue weighted by molar-refractivity contribution is 9.12. The number of rotatable bonds is 2. The van der Waals surface area contributed by atoms with Gasteiger partial charge >= 0.3 is 0 Å². The molecule has 0 atom stereocenters. The number of hydrogen-bond donors (Lipinski definition) is 0. The second-order valence-corrected chi connectivity index (χ2v) is 3.85. The highest BCUT2D eigenvalue weighted by Crippen LogP contribution is 2.25. The summed E-state index contributed by atoms with van der Waals surface area (Å²) in [7, 11) is 0. The topological polar surface area (TPSA) is 0 Å². The fourth-order valence-electron chi connectivity index (χ4n) is 1.28. The lowest BCUT2D eigenvalue weighted by Gasteiger charge is -2.06. The van der Waals surface area contributed by atoms with Crippen molar-refractivity contribution in [2.75, 3.05) is 0 Å². The molecule has 1 aromatic carbocycles. The minimum absolute atomic E-state index is 1.06. The molecule has 68 valence electrons. The molecule has 0 aliphatic heterocycles. The van der Waals surface area contributed by atoms with Crippen LogP contribution in [0.4, 0.5) is 0 Å². The Bertz CT molecular complexity index is 348. The lowest BCUT2D eigenvalue weighted by molar-refractivity contribution is 1.41. The predicted octanol–water partition coefficient (Wildman–Crippen LogP) is 4.31. The highest BCUT2D eigenvalue weighted by Gasteiger charge is 2.01. The van der Waals surface area contributed by atoms with Crippen LogP contribution in [0.5, 0.6) is 0 Å². The number of halogens is 1. The molecule has 0 N–H and O–H groups in total. The van der Waals surface area contributed by atoms with Gasteiger partial charge in [-0.15, -0.1) is 0 Å². The van der Waals surface area contributed by atoms with E-state index in [4.69, 9.17) is 0 Å². The van der Waals surface area contributed by atoms with E-state index < -0.39 is 0 Å². The van der Waals surface area contributed by atoms with Crippen LogP contribution < -0.4 is 0 Å². The monoisotopic (exact) mass is 236 g/mol. The molecule has 0 aliphatic carbocycles. The number of benzene rings is 1. The summed E-state index contributed by atoms with van der Waals surface area (Å²) in [5.41, 5.74) is 3.79. The van der Waals surface area contributed by atoms with Crippen LogP contribution in [0.2, 0.25) is 0 Å². The average molecular weight is 237 g/mol.